The summed E-state index contributed by atoms with van der Waals surface area (Å²) in [4.78, 5) is 14.9. The molecule has 0 amide bonds. The lowest BCUT2D eigenvalue weighted by atomic mass is 10.0. The molecule has 0 atom stereocenters. The molecule has 0 radical (unpaired) electrons. The molecule has 1 aromatic carbocycles. The second-order valence-electron chi connectivity index (χ2n) is 4.48. The van der Waals surface area contributed by atoms with Gasteiger partial charge < -0.3 is 15.0 Å². The van der Waals surface area contributed by atoms with Crippen molar-refractivity contribution in [1.82, 2.24) is 4.98 Å². The molecule has 1 aliphatic rings. The van der Waals surface area contributed by atoms with Gasteiger partial charge in [-0.25, -0.2) is 0 Å². The lowest BCUT2D eigenvalue weighted by molar-refractivity contribution is 0.340. The van der Waals surface area contributed by atoms with Crippen molar-refractivity contribution in [1.29, 1.82) is 0 Å². The largest absolute Gasteiger partial charge is 0.494 e. The van der Waals surface area contributed by atoms with Crippen molar-refractivity contribution in [3.63, 3.8) is 0 Å². The van der Waals surface area contributed by atoms with Gasteiger partial charge in [0.05, 0.1) is 17.8 Å². The van der Waals surface area contributed by atoms with Gasteiger partial charge in [0.15, 0.2) is 0 Å². The Balaban J connectivity index is 2.26. The Labute approximate surface area is 105 Å². The van der Waals surface area contributed by atoms with Gasteiger partial charge in [-0.1, -0.05) is 0 Å². The number of aromatic nitrogens is 1. The van der Waals surface area contributed by atoms with Crippen molar-refractivity contribution < 1.29 is 4.74 Å². The monoisotopic (exact) mass is 244 g/mol. The lowest BCUT2D eigenvalue weighted by Gasteiger charge is -2.19. The quantitative estimate of drug-likeness (QED) is 0.852. The van der Waals surface area contributed by atoms with Gasteiger partial charge in [-0.3, -0.25) is 4.79 Å². The zero-order valence-corrected chi connectivity index (χ0v) is 10.4. The molecule has 18 heavy (non-hydrogen) atoms. The van der Waals surface area contributed by atoms with Crippen LogP contribution in [0.5, 0.6) is 5.75 Å². The molecular formula is C14H16N2O2. The fourth-order valence-corrected chi connectivity index (χ4v) is 2.49. The second kappa shape index (κ2) is 4.37. The number of benzene rings is 1. The van der Waals surface area contributed by atoms with E-state index in [-0.39, 0.29) is 5.56 Å². The first kappa shape index (κ1) is 11.1. The van der Waals surface area contributed by atoms with Crippen LogP contribution in [0.1, 0.15) is 18.9 Å². The normalized spacial score (nSPS) is 14.1. The number of aromatic amines is 1. The lowest BCUT2D eigenvalue weighted by Crippen LogP contribution is -2.22. The van der Waals surface area contributed by atoms with Crippen LogP contribution in [-0.4, -0.2) is 18.1 Å². The molecule has 0 aliphatic carbocycles. The number of H-pyrrole nitrogens is 1. The third kappa shape index (κ3) is 1.74. The zero-order valence-electron chi connectivity index (χ0n) is 10.4. The molecule has 3 rings (SSSR count). The van der Waals surface area contributed by atoms with E-state index in [9.17, 15) is 4.79 Å². The Bertz CT molecular complexity index is 646. The fraction of sp³-hybridized carbons (Fsp3) is 0.357. The molecule has 0 saturated heterocycles. The van der Waals surface area contributed by atoms with Crippen molar-refractivity contribution in [2.75, 3.05) is 18.5 Å². The highest BCUT2D eigenvalue weighted by Crippen LogP contribution is 2.29. The highest BCUT2D eigenvalue weighted by atomic mass is 16.5. The van der Waals surface area contributed by atoms with Gasteiger partial charge in [-0.05, 0) is 38.0 Å². The summed E-state index contributed by atoms with van der Waals surface area (Å²) in [6.07, 6.45) is 1.85. The van der Waals surface area contributed by atoms with Gasteiger partial charge in [0.1, 0.15) is 5.75 Å². The number of fused-ring (bicyclic) bond motifs is 3. The summed E-state index contributed by atoms with van der Waals surface area (Å²) in [7, 11) is 0. The average molecular weight is 244 g/mol. The van der Waals surface area contributed by atoms with Crippen LogP contribution < -0.4 is 15.6 Å². The standard InChI is InChI=1S/C14H16N2O2/c1-2-18-9-5-6-12-11(8-9)13-10(14(17)16-12)4-3-7-15-13/h5-6,8,15H,2-4,7H2,1H3,(H,16,17). The molecule has 94 valence electrons. The van der Waals surface area contributed by atoms with Gasteiger partial charge in [0.25, 0.3) is 5.56 Å². The van der Waals surface area contributed by atoms with Crippen LogP contribution in [0, 0.1) is 0 Å². The maximum atomic E-state index is 12.0. The SMILES string of the molecule is CCOc1ccc2[nH]c(=O)c3c(c2c1)NCCC3. The summed E-state index contributed by atoms with van der Waals surface area (Å²) >= 11 is 0. The molecule has 1 aromatic heterocycles. The van der Waals surface area contributed by atoms with Gasteiger partial charge in [-0.2, -0.15) is 0 Å². The van der Waals surface area contributed by atoms with Crippen molar-refractivity contribution in [2.45, 2.75) is 19.8 Å². The molecule has 2 heterocycles. The van der Waals surface area contributed by atoms with Crippen molar-refractivity contribution in [2.24, 2.45) is 0 Å². The Morgan fingerprint density at radius 2 is 2.28 bits per heavy atom. The Morgan fingerprint density at radius 3 is 3.11 bits per heavy atom. The molecule has 4 nitrogen and oxygen atoms in total. The minimum atomic E-state index is 0.0221. The molecular weight excluding hydrogens is 228 g/mol. The number of ether oxygens (including phenoxy) is 1. The number of pyridine rings is 1. The molecule has 1 aliphatic heterocycles. The minimum absolute atomic E-state index is 0.0221. The third-order valence-corrected chi connectivity index (χ3v) is 3.30. The summed E-state index contributed by atoms with van der Waals surface area (Å²) in [6, 6.07) is 5.78. The zero-order chi connectivity index (χ0) is 12.5. The van der Waals surface area contributed by atoms with E-state index in [1.165, 1.54) is 0 Å². The maximum Gasteiger partial charge on any atom is 0.253 e. The first-order chi connectivity index (χ1) is 8.79. The highest BCUT2D eigenvalue weighted by Gasteiger charge is 2.16. The van der Waals surface area contributed by atoms with E-state index in [1.54, 1.807) is 0 Å². The van der Waals surface area contributed by atoms with E-state index in [0.29, 0.717) is 6.61 Å². The smallest absolute Gasteiger partial charge is 0.253 e. The first-order valence-corrected chi connectivity index (χ1v) is 6.35. The highest BCUT2D eigenvalue weighted by molar-refractivity contribution is 5.94. The summed E-state index contributed by atoms with van der Waals surface area (Å²) < 4.78 is 5.52. The molecule has 0 bridgehead atoms. The van der Waals surface area contributed by atoms with Gasteiger partial charge in [-0.15, -0.1) is 0 Å². The Morgan fingerprint density at radius 1 is 1.39 bits per heavy atom. The first-order valence-electron chi connectivity index (χ1n) is 6.35. The van der Waals surface area contributed by atoms with E-state index in [0.717, 1.165) is 47.3 Å². The van der Waals surface area contributed by atoms with E-state index in [4.69, 9.17) is 4.74 Å². The maximum absolute atomic E-state index is 12.0. The van der Waals surface area contributed by atoms with E-state index in [2.05, 4.69) is 10.3 Å². The van der Waals surface area contributed by atoms with Crippen LogP contribution >= 0.6 is 0 Å². The number of nitrogens with one attached hydrogen (secondary N) is 2. The molecule has 0 unspecified atom stereocenters. The number of anilines is 1. The average Bonchev–Trinajstić information content (AvgIpc) is 2.40. The van der Waals surface area contributed by atoms with E-state index in [1.807, 2.05) is 25.1 Å². The van der Waals surface area contributed by atoms with Gasteiger partial charge in [0.2, 0.25) is 0 Å². The molecule has 4 heteroatoms. The number of hydrogen-bond acceptors (Lipinski definition) is 3. The third-order valence-electron chi connectivity index (χ3n) is 3.30. The molecule has 0 fully saturated rings. The van der Waals surface area contributed by atoms with Crippen LogP contribution in [0.2, 0.25) is 0 Å². The van der Waals surface area contributed by atoms with Gasteiger partial charge >= 0.3 is 0 Å². The summed E-state index contributed by atoms with van der Waals surface area (Å²) in [6.45, 7) is 3.53. The van der Waals surface area contributed by atoms with Crippen molar-refractivity contribution in [3.05, 3.63) is 34.1 Å². The number of hydrogen-bond donors (Lipinski definition) is 2. The predicted molar refractivity (Wildman–Crippen MR) is 72.5 cm³/mol. The summed E-state index contributed by atoms with van der Waals surface area (Å²) in [5, 5.41) is 4.38. The topological polar surface area (TPSA) is 54.1 Å². The van der Waals surface area contributed by atoms with Crippen molar-refractivity contribution in [3.8, 4) is 5.75 Å². The molecule has 2 N–H and O–H groups in total. The van der Waals surface area contributed by atoms with Gasteiger partial charge in [0, 0.05) is 17.5 Å². The summed E-state index contributed by atoms with van der Waals surface area (Å²) in [5.41, 5.74) is 2.72. The van der Waals surface area contributed by atoms with E-state index >= 15 is 0 Å². The van der Waals surface area contributed by atoms with Crippen LogP contribution in [0.25, 0.3) is 10.9 Å². The van der Waals surface area contributed by atoms with Crippen LogP contribution in [0.4, 0.5) is 5.69 Å². The van der Waals surface area contributed by atoms with Crippen LogP contribution in [0.3, 0.4) is 0 Å². The van der Waals surface area contributed by atoms with Crippen molar-refractivity contribution >= 4 is 16.6 Å². The van der Waals surface area contributed by atoms with Crippen LogP contribution in [0.15, 0.2) is 23.0 Å². The number of rotatable bonds is 2. The Kier molecular flexibility index (Phi) is 2.70. The minimum Gasteiger partial charge on any atom is -0.494 e. The predicted octanol–water partition coefficient (Wildman–Crippen LogP) is 2.28. The van der Waals surface area contributed by atoms with Crippen LogP contribution in [-0.2, 0) is 6.42 Å². The fourth-order valence-electron chi connectivity index (χ4n) is 2.49. The van der Waals surface area contributed by atoms with E-state index < -0.39 is 0 Å². The Hall–Kier alpha value is -1.97. The second-order valence-corrected chi connectivity index (χ2v) is 4.48. The molecule has 0 saturated carbocycles. The molecule has 0 spiro atoms. The summed E-state index contributed by atoms with van der Waals surface area (Å²) in [5.74, 6) is 0.839. The molecule has 2 aromatic rings.